The minimum Gasteiger partial charge on any atom is -0.507 e. The smallest absolute Gasteiger partial charge is 0.257 e. The van der Waals surface area contributed by atoms with Gasteiger partial charge in [-0.15, -0.1) is 0 Å². The number of hydrogen-bond acceptors (Lipinski definition) is 5. The number of carbonyl (C=O) groups excluding carboxylic acids is 2. The predicted octanol–water partition coefficient (Wildman–Crippen LogP) is 0.662. The van der Waals surface area contributed by atoms with Gasteiger partial charge < -0.3 is 19.6 Å². The maximum atomic E-state index is 12.5. The highest BCUT2D eigenvalue weighted by Gasteiger charge is 2.27. The Labute approximate surface area is 151 Å². The second-order valence-electron chi connectivity index (χ2n) is 6.22. The maximum absolute atomic E-state index is 12.5. The molecule has 0 saturated carbocycles. The molecule has 0 bridgehead atoms. The topological polar surface area (TPSA) is 73.3 Å². The number of morpholine rings is 1. The zero-order chi connectivity index (χ0) is 17.8. The number of hydrogen-bond donors (Lipinski definition) is 1. The molecule has 1 N–H and O–H groups in total. The molecule has 2 heterocycles. The molecule has 2 amide bonds. The fraction of sp³-hybridized carbons (Fsp3) is 0.529. The molecule has 0 aromatic heterocycles. The van der Waals surface area contributed by atoms with E-state index in [2.05, 4.69) is 4.90 Å². The molecule has 25 heavy (non-hydrogen) atoms. The van der Waals surface area contributed by atoms with Crippen molar-refractivity contribution in [2.75, 3.05) is 59.0 Å². The molecule has 1 aromatic carbocycles. The number of halogens is 1. The van der Waals surface area contributed by atoms with E-state index in [1.807, 2.05) is 0 Å². The van der Waals surface area contributed by atoms with Crippen LogP contribution in [0.25, 0.3) is 0 Å². The summed E-state index contributed by atoms with van der Waals surface area (Å²) in [4.78, 5) is 30.5. The van der Waals surface area contributed by atoms with Crippen molar-refractivity contribution in [2.24, 2.45) is 0 Å². The van der Waals surface area contributed by atoms with E-state index in [9.17, 15) is 14.7 Å². The average molecular weight is 368 g/mol. The summed E-state index contributed by atoms with van der Waals surface area (Å²) < 4.78 is 5.29. The highest BCUT2D eigenvalue weighted by molar-refractivity contribution is 6.31. The molecule has 0 aliphatic carbocycles. The van der Waals surface area contributed by atoms with Crippen LogP contribution in [-0.4, -0.2) is 90.6 Å². The molecule has 7 nitrogen and oxygen atoms in total. The number of ether oxygens (including phenoxy) is 1. The SMILES string of the molecule is O=C(CN1CCOCC1)N1CCN(C(=O)c2cc(Cl)ccc2O)CC1. The van der Waals surface area contributed by atoms with Gasteiger partial charge in [-0.05, 0) is 18.2 Å². The number of rotatable bonds is 3. The Morgan fingerprint density at radius 3 is 2.36 bits per heavy atom. The molecule has 2 aliphatic heterocycles. The molecule has 3 rings (SSSR count). The van der Waals surface area contributed by atoms with Crippen molar-refractivity contribution in [3.8, 4) is 5.75 Å². The molecule has 2 fully saturated rings. The monoisotopic (exact) mass is 367 g/mol. The van der Waals surface area contributed by atoms with Crippen molar-refractivity contribution in [1.82, 2.24) is 14.7 Å². The summed E-state index contributed by atoms with van der Waals surface area (Å²) in [5.41, 5.74) is 0.195. The molecule has 2 saturated heterocycles. The lowest BCUT2D eigenvalue weighted by molar-refractivity contribution is -0.134. The van der Waals surface area contributed by atoms with Crippen LogP contribution in [0.2, 0.25) is 5.02 Å². The summed E-state index contributed by atoms with van der Waals surface area (Å²) in [5.74, 6) is -0.264. The number of amides is 2. The van der Waals surface area contributed by atoms with E-state index in [1.165, 1.54) is 18.2 Å². The van der Waals surface area contributed by atoms with Gasteiger partial charge in [0.15, 0.2) is 0 Å². The van der Waals surface area contributed by atoms with Crippen LogP contribution < -0.4 is 0 Å². The summed E-state index contributed by atoms with van der Waals surface area (Å²) in [6, 6.07) is 4.42. The number of piperazine rings is 1. The fourth-order valence-electron chi connectivity index (χ4n) is 3.06. The molecule has 0 atom stereocenters. The van der Waals surface area contributed by atoms with Crippen LogP contribution in [0, 0.1) is 0 Å². The normalized spacial score (nSPS) is 19.1. The van der Waals surface area contributed by atoms with E-state index in [-0.39, 0.29) is 23.1 Å². The Kier molecular flexibility index (Phi) is 5.78. The van der Waals surface area contributed by atoms with Gasteiger partial charge in [0.25, 0.3) is 5.91 Å². The zero-order valence-electron chi connectivity index (χ0n) is 14.0. The van der Waals surface area contributed by atoms with Gasteiger partial charge in [0.2, 0.25) is 5.91 Å². The summed E-state index contributed by atoms with van der Waals surface area (Å²) >= 11 is 5.91. The Morgan fingerprint density at radius 2 is 1.68 bits per heavy atom. The third kappa shape index (κ3) is 4.42. The van der Waals surface area contributed by atoms with Crippen molar-refractivity contribution >= 4 is 23.4 Å². The first-order chi connectivity index (χ1) is 12.0. The van der Waals surface area contributed by atoms with Crippen molar-refractivity contribution in [1.29, 1.82) is 0 Å². The average Bonchev–Trinajstić information content (AvgIpc) is 2.64. The second kappa shape index (κ2) is 8.03. The Morgan fingerprint density at radius 1 is 1.04 bits per heavy atom. The van der Waals surface area contributed by atoms with Gasteiger partial charge in [-0.3, -0.25) is 14.5 Å². The van der Waals surface area contributed by atoms with Crippen LogP contribution in [0.1, 0.15) is 10.4 Å². The van der Waals surface area contributed by atoms with Gasteiger partial charge in [0.05, 0.1) is 25.3 Å². The second-order valence-corrected chi connectivity index (χ2v) is 6.66. The lowest BCUT2D eigenvalue weighted by Crippen LogP contribution is -2.53. The first kappa shape index (κ1) is 18.0. The van der Waals surface area contributed by atoms with Crippen molar-refractivity contribution in [3.63, 3.8) is 0 Å². The summed E-state index contributed by atoms with van der Waals surface area (Å²) in [5, 5.41) is 10.3. The van der Waals surface area contributed by atoms with Crippen LogP contribution in [-0.2, 0) is 9.53 Å². The van der Waals surface area contributed by atoms with Gasteiger partial charge >= 0.3 is 0 Å². The van der Waals surface area contributed by atoms with E-state index < -0.39 is 0 Å². The number of nitrogens with zero attached hydrogens (tertiary/aromatic N) is 3. The zero-order valence-corrected chi connectivity index (χ0v) is 14.7. The van der Waals surface area contributed by atoms with Crippen LogP contribution >= 0.6 is 11.6 Å². The predicted molar refractivity (Wildman–Crippen MR) is 92.9 cm³/mol. The van der Waals surface area contributed by atoms with Crippen molar-refractivity contribution in [3.05, 3.63) is 28.8 Å². The molecule has 0 radical (unpaired) electrons. The number of benzene rings is 1. The molecule has 2 aliphatic rings. The van der Waals surface area contributed by atoms with Crippen molar-refractivity contribution < 1.29 is 19.4 Å². The molecular formula is C17H22ClN3O4. The van der Waals surface area contributed by atoms with Gasteiger partial charge in [-0.1, -0.05) is 11.6 Å². The molecular weight excluding hydrogens is 346 g/mol. The van der Waals surface area contributed by atoms with Crippen LogP contribution in [0.4, 0.5) is 0 Å². The van der Waals surface area contributed by atoms with E-state index in [0.29, 0.717) is 51.0 Å². The molecule has 136 valence electrons. The molecule has 0 spiro atoms. The number of phenolic OH excluding ortho intramolecular Hbond substituents is 1. The first-order valence-electron chi connectivity index (χ1n) is 8.40. The minimum absolute atomic E-state index is 0.0830. The summed E-state index contributed by atoms with van der Waals surface area (Å²) in [7, 11) is 0. The van der Waals surface area contributed by atoms with Gasteiger partial charge in [0.1, 0.15) is 5.75 Å². The largest absolute Gasteiger partial charge is 0.507 e. The molecule has 8 heteroatoms. The standard InChI is InChI=1S/C17H22ClN3O4/c18-13-1-2-15(22)14(11-13)17(24)21-5-3-20(4-6-21)16(23)12-19-7-9-25-10-8-19/h1-2,11,22H,3-10,12H2. The molecule has 1 aromatic rings. The number of phenols is 1. The third-order valence-electron chi connectivity index (χ3n) is 4.57. The van der Waals surface area contributed by atoms with E-state index >= 15 is 0 Å². The lowest BCUT2D eigenvalue weighted by atomic mass is 10.1. The van der Waals surface area contributed by atoms with Crippen molar-refractivity contribution in [2.45, 2.75) is 0 Å². The van der Waals surface area contributed by atoms with E-state index in [0.717, 1.165) is 13.1 Å². The number of carbonyl (C=O) groups is 2. The highest BCUT2D eigenvalue weighted by atomic mass is 35.5. The lowest BCUT2D eigenvalue weighted by Gasteiger charge is -2.36. The van der Waals surface area contributed by atoms with Crippen LogP contribution in [0.3, 0.4) is 0 Å². The summed E-state index contributed by atoms with van der Waals surface area (Å²) in [6.45, 7) is 5.16. The van der Waals surface area contributed by atoms with E-state index in [1.54, 1.807) is 9.80 Å². The first-order valence-corrected chi connectivity index (χ1v) is 8.78. The minimum atomic E-state index is -0.264. The number of aromatic hydroxyl groups is 1. The van der Waals surface area contributed by atoms with Gasteiger partial charge in [-0.25, -0.2) is 0 Å². The summed E-state index contributed by atoms with van der Waals surface area (Å²) in [6.07, 6.45) is 0. The maximum Gasteiger partial charge on any atom is 0.257 e. The highest BCUT2D eigenvalue weighted by Crippen LogP contribution is 2.23. The Hall–Kier alpha value is -1.83. The van der Waals surface area contributed by atoms with E-state index in [4.69, 9.17) is 16.3 Å². The van der Waals surface area contributed by atoms with Gasteiger partial charge in [0, 0.05) is 44.3 Å². The fourth-order valence-corrected chi connectivity index (χ4v) is 3.23. The quantitative estimate of drug-likeness (QED) is 0.849. The third-order valence-corrected chi connectivity index (χ3v) is 4.81. The van der Waals surface area contributed by atoms with Crippen LogP contribution in [0.15, 0.2) is 18.2 Å². The molecule has 0 unspecified atom stereocenters. The Bertz CT molecular complexity index is 641. The Balaban J connectivity index is 1.53. The van der Waals surface area contributed by atoms with Crippen LogP contribution in [0.5, 0.6) is 5.75 Å². The van der Waals surface area contributed by atoms with Gasteiger partial charge in [-0.2, -0.15) is 0 Å².